The molecule has 0 aliphatic carbocycles. The zero-order chi connectivity index (χ0) is 7.98. The molecule has 0 aromatic rings. The first-order chi connectivity index (χ1) is 4.68. The number of carboxylic acid groups (broad SMARTS) is 1. The Labute approximate surface area is 60.9 Å². The van der Waals surface area contributed by atoms with Gasteiger partial charge in [0.05, 0.1) is 0 Å². The highest BCUT2D eigenvalue weighted by atomic mass is 16.4. The molecule has 0 saturated carbocycles. The predicted octanol–water partition coefficient (Wildman–Crippen LogP) is 1.98. The van der Waals surface area contributed by atoms with Crippen LogP contribution in [0.25, 0.3) is 0 Å². The van der Waals surface area contributed by atoms with Crippen molar-refractivity contribution in [3.05, 3.63) is 23.8 Å². The van der Waals surface area contributed by atoms with Crippen LogP contribution < -0.4 is 0 Å². The van der Waals surface area contributed by atoms with E-state index in [4.69, 9.17) is 5.11 Å². The molecule has 0 bridgehead atoms. The van der Waals surface area contributed by atoms with Gasteiger partial charge in [-0.05, 0) is 13.3 Å². The van der Waals surface area contributed by atoms with Crippen LogP contribution in [0, 0.1) is 0 Å². The van der Waals surface area contributed by atoms with Gasteiger partial charge in [0.2, 0.25) is 0 Å². The van der Waals surface area contributed by atoms with Crippen molar-refractivity contribution in [1.29, 1.82) is 0 Å². The molecule has 0 aliphatic heterocycles. The van der Waals surface area contributed by atoms with E-state index in [9.17, 15) is 4.79 Å². The fourth-order valence-corrected chi connectivity index (χ4v) is 0.420. The number of hydrogen-bond acceptors (Lipinski definition) is 1. The summed E-state index contributed by atoms with van der Waals surface area (Å²) in [5.41, 5.74) is 0.365. The normalized spacial score (nSPS) is 12.4. The fraction of sp³-hybridized carbons (Fsp3) is 0.375. The van der Waals surface area contributed by atoms with Crippen LogP contribution in [-0.4, -0.2) is 11.1 Å². The summed E-state index contributed by atoms with van der Waals surface area (Å²) in [7, 11) is 0. The van der Waals surface area contributed by atoms with Crippen molar-refractivity contribution in [3.8, 4) is 0 Å². The zero-order valence-electron chi connectivity index (χ0n) is 6.29. The molecular formula is C8H12O2. The lowest BCUT2D eigenvalue weighted by atomic mass is 10.2. The van der Waals surface area contributed by atoms with E-state index in [1.807, 2.05) is 13.0 Å². The van der Waals surface area contributed by atoms with Gasteiger partial charge in [0, 0.05) is 5.57 Å². The number of rotatable bonds is 3. The molecule has 1 N–H and O–H groups in total. The van der Waals surface area contributed by atoms with Crippen LogP contribution in [0.15, 0.2) is 23.8 Å². The predicted molar refractivity (Wildman–Crippen MR) is 40.8 cm³/mol. The smallest absolute Gasteiger partial charge is 0.331 e. The molecule has 0 atom stereocenters. The molecule has 0 radical (unpaired) electrons. The van der Waals surface area contributed by atoms with Gasteiger partial charge >= 0.3 is 5.97 Å². The van der Waals surface area contributed by atoms with Crippen molar-refractivity contribution < 1.29 is 9.90 Å². The van der Waals surface area contributed by atoms with E-state index in [-0.39, 0.29) is 0 Å². The molecule has 56 valence electrons. The molecule has 0 fully saturated rings. The van der Waals surface area contributed by atoms with Crippen LogP contribution in [0.5, 0.6) is 0 Å². The number of carboxylic acids is 1. The van der Waals surface area contributed by atoms with Gasteiger partial charge in [-0.2, -0.15) is 0 Å². The minimum absolute atomic E-state index is 0.365. The largest absolute Gasteiger partial charge is 0.478 e. The van der Waals surface area contributed by atoms with Crippen molar-refractivity contribution in [1.82, 2.24) is 0 Å². The third kappa shape index (κ3) is 3.89. The van der Waals surface area contributed by atoms with Crippen LogP contribution in [0.1, 0.15) is 20.3 Å². The maximum absolute atomic E-state index is 10.2. The van der Waals surface area contributed by atoms with Crippen molar-refractivity contribution >= 4 is 5.97 Å². The van der Waals surface area contributed by atoms with E-state index < -0.39 is 5.97 Å². The molecule has 0 saturated heterocycles. The zero-order valence-corrected chi connectivity index (χ0v) is 6.29. The summed E-state index contributed by atoms with van der Waals surface area (Å²) in [6.07, 6.45) is 6.19. The van der Waals surface area contributed by atoms with Gasteiger partial charge in [-0.3, -0.25) is 0 Å². The average molecular weight is 140 g/mol. The Morgan fingerprint density at radius 1 is 1.60 bits per heavy atom. The van der Waals surface area contributed by atoms with Crippen molar-refractivity contribution in [2.45, 2.75) is 20.3 Å². The van der Waals surface area contributed by atoms with E-state index in [0.717, 1.165) is 6.42 Å². The summed E-state index contributed by atoms with van der Waals surface area (Å²) >= 11 is 0. The number of aliphatic carboxylic acids is 1. The van der Waals surface area contributed by atoms with Crippen molar-refractivity contribution in [2.24, 2.45) is 0 Å². The Bertz CT molecular complexity index is 166. The molecule has 0 rings (SSSR count). The van der Waals surface area contributed by atoms with E-state index in [2.05, 4.69) is 0 Å². The third-order valence-electron chi connectivity index (χ3n) is 1.06. The Hall–Kier alpha value is -1.05. The Balaban J connectivity index is 3.92. The molecule has 2 nitrogen and oxygen atoms in total. The van der Waals surface area contributed by atoms with Crippen LogP contribution >= 0.6 is 0 Å². The molecule has 0 aromatic heterocycles. The first kappa shape index (κ1) is 8.95. The van der Waals surface area contributed by atoms with Gasteiger partial charge < -0.3 is 5.11 Å². The monoisotopic (exact) mass is 140 g/mol. The van der Waals surface area contributed by atoms with Gasteiger partial charge in [0.1, 0.15) is 0 Å². The second-order valence-electron chi connectivity index (χ2n) is 1.99. The molecule has 0 heterocycles. The van der Waals surface area contributed by atoms with Gasteiger partial charge in [0.25, 0.3) is 0 Å². The molecule has 0 aliphatic rings. The topological polar surface area (TPSA) is 37.3 Å². The van der Waals surface area contributed by atoms with Gasteiger partial charge in [-0.1, -0.05) is 25.2 Å². The lowest BCUT2D eigenvalue weighted by molar-refractivity contribution is -0.132. The highest BCUT2D eigenvalue weighted by Gasteiger charge is 1.94. The first-order valence-electron chi connectivity index (χ1n) is 3.25. The summed E-state index contributed by atoms with van der Waals surface area (Å²) in [5.74, 6) is -0.860. The quantitative estimate of drug-likeness (QED) is 0.480. The lowest BCUT2D eigenvalue weighted by Gasteiger charge is -1.86. The Morgan fingerprint density at radius 2 is 2.20 bits per heavy atom. The molecule has 0 aromatic carbocycles. The Kier molecular flexibility index (Phi) is 4.29. The maximum atomic E-state index is 10.2. The minimum Gasteiger partial charge on any atom is -0.478 e. The molecule has 0 amide bonds. The second kappa shape index (κ2) is 4.79. The van der Waals surface area contributed by atoms with Crippen LogP contribution in [0.2, 0.25) is 0 Å². The maximum Gasteiger partial charge on any atom is 0.331 e. The summed E-state index contributed by atoms with van der Waals surface area (Å²) < 4.78 is 0. The van der Waals surface area contributed by atoms with Crippen molar-refractivity contribution in [3.63, 3.8) is 0 Å². The molecular weight excluding hydrogens is 128 g/mol. The van der Waals surface area contributed by atoms with Gasteiger partial charge in [-0.15, -0.1) is 0 Å². The lowest BCUT2D eigenvalue weighted by Crippen LogP contribution is -1.94. The average Bonchev–Trinajstić information content (AvgIpc) is 1.88. The minimum atomic E-state index is -0.860. The summed E-state index contributed by atoms with van der Waals surface area (Å²) in [4.78, 5) is 10.2. The van der Waals surface area contributed by atoms with E-state index in [0.29, 0.717) is 5.57 Å². The molecule has 0 unspecified atom stereocenters. The Morgan fingerprint density at radius 3 is 2.60 bits per heavy atom. The molecule has 0 spiro atoms. The SMILES string of the molecule is CC/C=C\C=C(/C)C(=O)O. The summed E-state index contributed by atoms with van der Waals surface area (Å²) in [5, 5.41) is 8.38. The summed E-state index contributed by atoms with van der Waals surface area (Å²) in [6, 6.07) is 0. The second-order valence-corrected chi connectivity index (χ2v) is 1.99. The van der Waals surface area contributed by atoms with Crippen molar-refractivity contribution in [2.75, 3.05) is 0 Å². The number of carbonyl (C=O) groups is 1. The van der Waals surface area contributed by atoms with Crippen LogP contribution in [0.4, 0.5) is 0 Å². The van der Waals surface area contributed by atoms with E-state index in [1.54, 1.807) is 19.1 Å². The third-order valence-corrected chi connectivity index (χ3v) is 1.06. The van der Waals surface area contributed by atoms with Gasteiger partial charge in [-0.25, -0.2) is 4.79 Å². The number of allylic oxidation sites excluding steroid dienone is 3. The molecule has 10 heavy (non-hydrogen) atoms. The van der Waals surface area contributed by atoms with E-state index in [1.165, 1.54) is 0 Å². The van der Waals surface area contributed by atoms with E-state index >= 15 is 0 Å². The van der Waals surface area contributed by atoms with Crippen LogP contribution in [-0.2, 0) is 4.79 Å². The highest BCUT2D eigenvalue weighted by Crippen LogP contribution is 1.92. The number of hydrogen-bond donors (Lipinski definition) is 1. The highest BCUT2D eigenvalue weighted by molar-refractivity contribution is 5.86. The molecule has 2 heteroatoms. The fourth-order valence-electron chi connectivity index (χ4n) is 0.420. The first-order valence-corrected chi connectivity index (χ1v) is 3.25. The van der Waals surface area contributed by atoms with Crippen LogP contribution in [0.3, 0.4) is 0 Å². The standard InChI is InChI=1S/C8H12O2/c1-3-4-5-6-7(2)8(9)10/h4-6H,3H2,1-2H3,(H,9,10)/b5-4-,7-6+. The summed E-state index contributed by atoms with van der Waals surface area (Å²) in [6.45, 7) is 3.57. The van der Waals surface area contributed by atoms with Gasteiger partial charge in [0.15, 0.2) is 0 Å².